The van der Waals surface area contributed by atoms with Gasteiger partial charge < -0.3 is 5.32 Å². The largest absolute Gasteiger partial charge is 0.416 e. The molecule has 1 N–H and O–H groups in total. The van der Waals surface area contributed by atoms with Crippen LogP contribution in [0.5, 0.6) is 0 Å². The van der Waals surface area contributed by atoms with Crippen LogP contribution in [0.1, 0.15) is 37.4 Å². The number of hydrogen-bond acceptors (Lipinski definition) is 2. The minimum absolute atomic E-state index is 0. The van der Waals surface area contributed by atoms with Crippen molar-refractivity contribution in [2.75, 3.05) is 26.2 Å². The van der Waals surface area contributed by atoms with Gasteiger partial charge in [-0.15, -0.1) is 24.8 Å². The summed E-state index contributed by atoms with van der Waals surface area (Å²) < 4.78 is 38.8. The number of nitrogens with zero attached hydrogens (tertiary/aromatic N) is 1. The van der Waals surface area contributed by atoms with Gasteiger partial charge >= 0.3 is 6.18 Å². The molecule has 2 rings (SSSR count). The normalized spacial score (nSPS) is 18.5. The summed E-state index contributed by atoms with van der Waals surface area (Å²) in [6, 6.07) is 5.87. The molecule has 1 heterocycles. The van der Waals surface area contributed by atoms with Crippen LogP contribution >= 0.6 is 24.8 Å². The van der Waals surface area contributed by atoms with Crippen molar-refractivity contribution >= 4 is 24.8 Å². The Balaban J connectivity index is 0.00000242. The molecule has 2 atom stereocenters. The number of benzene rings is 1. The summed E-state index contributed by atoms with van der Waals surface area (Å²) in [7, 11) is 0. The van der Waals surface area contributed by atoms with Gasteiger partial charge in [-0.1, -0.05) is 32.4 Å². The van der Waals surface area contributed by atoms with E-state index in [1.807, 2.05) is 6.07 Å². The molecule has 7 heteroatoms. The Bertz CT molecular complexity index is 463. The highest BCUT2D eigenvalue weighted by molar-refractivity contribution is 5.85. The summed E-state index contributed by atoms with van der Waals surface area (Å²) in [5, 5.41) is 3.29. The van der Waals surface area contributed by atoms with E-state index in [-0.39, 0.29) is 30.9 Å². The average molecular weight is 373 g/mol. The number of alkyl halides is 3. The lowest BCUT2D eigenvalue weighted by Gasteiger charge is -2.38. The maximum Gasteiger partial charge on any atom is 0.416 e. The van der Waals surface area contributed by atoms with E-state index in [9.17, 15) is 13.2 Å². The lowest BCUT2D eigenvalue weighted by molar-refractivity contribution is -0.137. The molecule has 23 heavy (non-hydrogen) atoms. The molecule has 1 aliphatic rings. The van der Waals surface area contributed by atoms with Gasteiger partial charge in [-0.25, -0.2) is 0 Å². The Morgan fingerprint density at radius 2 is 1.78 bits per heavy atom. The van der Waals surface area contributed by atoms with E-state index < -0.39 is 11.7 Å². The molecule has 0 bridgehead atoms. The summed E-state index contributed by atoms with van der Waals surface area (Å²) in [6.07, 6.45) is -3.33. The Labute approximate surface area is 148 Å². The summed E-state index contributed by atoms with van der Waals surface area (Å²) in [5.74, 6) is 0.326. The monoisotopic (exact) mass is 372 g/mol. The molecule has 1 aliphatic heterocycles. The van der Waals surface area contributed by atoms with Crippen molar-refractivity contribution in [1.29, 1.82) is 0 Å². The predicted molar refractivity (Wildman–Crippen MR) is 92.6 cm³/mol. The second-order valence-electron chi connectivity index (χ2n) is 5.74. The third-order valence-electron chi connectivity index (χ3n) is 4.28. The quantitative estimate of drug-likeness (QED) is 0.834. The Hall–Kier alpha value is -0.490. The minimum Gasteiger partial charge on any atom is -0.314 e. The van der Waals surface area contributed by atoms with Crippen LogP contribution in [-0.4, -0.2) is 31.1 Å². The van der Waals surface area contributed by atoms with Crippen molar-refractivity contribution in [3.63, 3.8) is 0 Å². The van der Waals surface area contributed by atoms with E-state index in [1.54, 1.807) is 0 Å². The van der Waals surface area contributed by atoms with Crippen molar-refractivity contribution in [3.05, 3.63) is 35.4 Å². The fraction of sp³-hybridized carbons (Fsp3) is 0.625. The first-order valence-electron chi connectivity index (χ1n) is 7.55. The molecule has 0 aromatic heterocycles. The Kier molecular flexibility index (Phi) is 9.51. The molecule has 1 fully saturated rings. The zero-order chi connectivity index (χ0) is 15.5. The molecule has 2 nitrogen and oxygen atoms in total. The van der Waals surface area contributed by atoms with Gasteiger partial charge in [-0.2, -0.15) is 13.2 Å². The van der Waals surface area contributed by atoms with Crippen molar-refractivity contribution in [1.82, 2.24) is 10.2 Å². The van der Waals surface area contributed by atoms with Gasteiger partial charge in [0.15, 0.2) is 0 Å². The number of halogens is 5. The van der Waals surface area contributed by atoms with Crippen molar-refractivity contribution in [2.24, 2.45) is 5.92 Å². The van der Waals surface area contributed by atoms with Gasteiger partial charge in [-0.05, 0) is 23.6 Å². The van der Waals surface area contributed by atoms with Crippen LogP contribution in [0.2, 0.25) is 0 Å². The van der Waals surface area contributed by atoms with Gasteiger partial charge in [-0.3, -0.25) is 4.90 Å². The van der Waals surface area contributed by atoms with Crippen molar-refractivity contribution in [2.45, 2.75) is 32.5 Å². The first-order valence-corrected chi connectivity index (χ1v) is 7.55. The summed E-state index contributed by atoms with van der Waals surface area (Å²) >= 11 is 0. The van der Waals surface area contributed by atoms with Crippen molar-refractivity contribution < 1.29 is 13.2 Å². The van der Waals surface area contributed by atoms with Gasteiger partial charge in [0, 0.05) is 32.2 Å². The molecule has 0 amide bonds. The van der Waals surface area contributed by atoms with Crippen LogP contribution in [0.3, 0.4) is 0 Å². The molecule has 0 spiro atoms. The number of rotatable bonds is 4. The smallest absolute Gasteiger partial charge is 0.314 e. The summed E-state index contributed by atoms with van der Waals surface area (Å²) in [5.41, 5.74) is 0.226. The Morgan fingerprint density at radius 1 is 1.17 bits per heavy atom. The third kappa shape index (κ3) is 5.82. The molecular weight excluding hydrogens is 348 g/mol. The Morgan fingerprint density at radius 3 is 2.30 bits per heavy atom. The fourth-order valence-electron chi connectivity index (χ4n) is 2.98. The maximum absolute atomic E-state index is 12.9. The van der Waals surface area contributed by atoms with Crippen molar-refractivity contribution in [3.8, 4) is 0 Å². The number of piperazine rings is 1. The number of hydrogen-bond donors (Lipinski definition) is 1. The van der Waals surface area contributed by atoms with E-state index in [0.717, 1.165) is 44.2 Å². The van der Waals surface area contributed by atoms with Gasteiger partial charge in [0.2, 0.25) is 0 Å². The molecule has 1 aromatic carbocycles. The second-order valence-corrected chi connectivity index (χ2v) is 5.74. The topological polar surface area (TPSA) is 15.3 Å². The van der Waals surface area contributed by atoms with Crippen LogP contribution in [-0.2, 0) is 6.18 Å². The minimum atomic E-state index is -4.28. The lowest BCUT2D eigenvalue weighted by Crippen LogP contribution is -2.46. The van der Waals surface area contributed by atoms with Crippen LogP contribution in [0.15, 0.2) is 24.3 Å². The molecule has 0 saturated carbocycles. The third-order valence-corrected chi connectivity index (χ3v) is 4.28. The predicted octanol–water partition coefficient (Wildman–Crippen LogP) is 4.54. The van der Waals surface area contributed by atoms with Crippen LogP contribution in [0, 0.1) is 5.92 Å². The van der Waals surface area contributed by atoms with E-state index in [0.29, 0.717) is 5.92 Å². The summed E-state index contributed by atoms with van der Waals surface area (Å²) in [4.78, 5) is 2.31. The second kappa shape index (κ2) is 9.72. The highest BCUT2D eigenvalue weighted by Crippen LogP contribution is 2.35. The first-order chi connectivity index (χ1) is 9.93. The van der Waals surface area contributed by atoms with Crippen LogP contribution in [0.4, 0.5) is 13.2 Å². The maximum atomic E-state index is 12.9. The van der Waals surface area contributed by atoms with Crippen LogP contribution in [0.25, 0.3) is 0 Å². The van der Waals surface area contributed by atoms with Gasteiger partial charge in [0.1, 0.15) is 0 Å². The molecular formula is C16H25Cl2F3N2. The molecule has 1 aromatic rings. The van der Waals surface area contributed by atoms with Gasteiger partial charge in [0.25, 0.3) is 0 Å². The number of nitrogens with one attached hydrogen (secondary N) is 1. The molecule has 1 saturated heterocycles. The van der Waals surface area contributed by atoms with E-state index >= 15 is 0 Å². The van der Waals surface area contributed by atoms with E-state index in [2.05, 4.69) is 24.1 Å². The van der Waals surface area contributed by atoms with E-state index in [4.69, 9.17) is 0 Å². The zero-order valence-corrected chi connectivity index (χ0v) is 15.0. The lowest BCUT2D eigenvalue weighted by atomic mass is 9.89. The molecule has 0 radical (unpaired) electrons. The fourth-order valence-corrected chi connectivity index (χ4v) is 2.98. The SMILES string of the molecule is CCC(C)[C@H](c1cccc(C(F)(F)F)c1)N1CCNCC1.Cl.Cl. The zero-order valence-electron chi connectivity index (χ0n) is 13.4. The summed E-state index contributed by atoms with van der Waals surface area (Å²) in [6.45, 7) is 7.76. The van der Waals surface area contributed by atoms with Crippen LogP contribution < -0.4 is 5.32 Å². The van der Waals surface area contributed by atoms with Gasteiger partial charge in [0.05, 0.1) is 5.56 Å². The highest BCUT2D eigenvalue weighted by Gasteiger charge is 2.32. The van der Waals surface area contributed by atoms with E-state index in [1.165, 1.54) is 12.1 Å². The average Bonchev–Trinajstić information content (AvgIpc) is 2.48. The standard InChI is InChI=1S/C16H23F3N2.2ClH/c1-3-12(2)15(21-9-7-20-8-10-21)13-5-4-6-14(11-13)16(17,18)19;;/h4-6,11-12,15,20H,3,7-10H2,1-2H3;2*1H/t12?,15-;;/m1../s1. The molecule has 0 aliphatic carbocycles. The molecule has 134 valence electrons. The first kappa shape index (κ1) is 22.5. The molecule has 1 unspecified atom stereocenters. The highest BCUT2D eigenvalue weighted by atomic mass is 35.5.